The zero-order chi connectivity index (χ0) is 15.4. The Bertz CT molecular complexity index is 646. The Morgan fingerprint density at radius 1 is 1.29 bits per heavy atom. The van der Waals surface area contributed by atoms with Crippen LogP contribution in [-0.4, -0.2) is 32.0 Å². The fourth-order valence-electron chi connectivity index (χ4n) is 1.83. The Labute approximate surface area is 121 Å². The van der Waals surface area contributed by atoms with Crippen molar-refractivity contribution >= 4 is 17.6 Å². The van der Waals surface area contributed by atoms with E-state index in [0.29, 0.717) is 11.6 Å². The monoisotopic (exact) mass is 288 g/mol. The van der Waals surface area contributed by atoms with Crippen molar-refractivity contribution in [3.8, 4) is 0 Å². The normalized spacial score (nSPS) is 10.6. The van der Waals surface area contributed by atoms with E-state index in [2.05, 4.69) is 29.5 Å². The molecule has 0 bridgehead atoms. The molecule has 0 radical (unpaired) electrons. The molecule has 0 atom stereocenters. The van der Waals surface area contributed by atoms with Crippen molar-refractivity contribution in [3.63, 3.8) is 0 Å². The highest BCUT2D eigenvalue weighted by atomic mass is 16.4. The molecule has 1 aromatic heterocycles. The van der Waals surface area contributed by atoms with Crippen molar-refractivity contribution in [1.82, 2.24) is 15.0 Å². The minimum Gasteiger partial charge on any atom is -0.476 e. The van der Waals surface area contributed by atoms with E-state index in [9.17, 15) is 9.59 Å². The molecular weight excluding hydrogens is 272 g/mol. The molecule has 7 heteroatoms. The number of benzene rings is 1. The topological polar surface area (TPSA) is 97.1 Å². The fourth-order valence-corrected chi connectivity index (χ4v) is 1.83. The van der Waals surface area contributed by atoms with Crippen molar-refractivity contribution < 1.29 is 14.7 Å². The highest BCUT2D eigenvalue weighted by Crippen LogP contribution is 2.17. The van der Waals surface area contributed by atoms with Gasteiger partial charge in [0.1, 0.15) is 6.54 Å². The Morgan fingerprint density at radius 2 is 1.95 bits per heavy atom. The summed E-state index contributed by atoms with van der Waals surface area (Å²) in [5.74, 6) is -1.11. The molecule has 0 fully saturated rings. The molecule has 0 spiro atoms. The highest BCUT2D eigenvalue weighted by Gasteiger charge is 2.14. The van der Waals surface area contributed by atoms with E-state index in [1.807, 2.05) is 24.3 Å². The number of carbonyl (C=O) groups is 2. The molecule has 110 valence electrons. The van der Waals surface area contributed by atoms with Gasteiger partial charge >= 0.3 is 5.97 Å². The number of hydrogen-bond donors (Lipinski definition) is 2. The van der Waals surface area contributed by atoms with E-state index in [0.717, 1.165) is 10.9 Å². The number of aromatic carboxylic acids is 1. The lowest BCUT2D eigenvalue weighted by Gasteiger charge is -2.08. The first-order chi connectivity index (χ1) is 9.97. The molecule has 2 aromatic rings. The summed E-state index contributed by atoms with van der Waals surface area (Å²) in [6, 6.07) is 7.51. The number of nitrogens with zero attached hydrogens (tertiary/aromatic N) is 3. The second kappa shape index (κ2) is 6.17. The maximum Gasteiger partial charge on any atom is 0.355 e. The minimum atomic E-state index is -1.17. The first kappa shape index (κ1) is 14.7. The van der Waals surface area contributed by atoms with Crippen LogP contribution in [0, 0.1) is 0 Å². The number of carboxylic acids is 1. The summed E-state index contributed by atoms with van der Waals surface area (Å²) in [5, 5.41) is 18.7. The van der Waals surface area contributed by atoms with Gasteiger partial charge in [-0.1, -0.05) is 31.2 Å². The summed E-state index contributed by atoms with van der Waals surface area (Å²) in [4.78, 5) is 22.8. The number of carboxylic acid groups (broad SMARTS) is 1. The van der Waals surface area contributed by atoms with Gasteiger partial charge in [0.25, 0.3) is 0 Å². The molecule has 1 amide bonds. The van der Waals surface area contributed by atoms with Crippen LogP contribution in [0.2, 0.25) is 0 Å². The van der Waals surface area contributed by atoms with Gasteiger partial charge < -0.3 is 10.4 Å². The Morgan fingerprint density at radius 3 is 2.52 bits per heavy atom. The molecule has 0 aliphatic heterocycles. The largest absolute Gasteiger partial charge is 0.476 e. The molecular formula is C14H16N4O3. The van der Waals surface area contributed by atoms with Gasteiger partial charge in [0.15, 0.2) is 5.69 Å². The molecule has 0 unspecified atom stereocenters. The van der Waals surface area contributed by atoms with Crippen LogP contribution in [0.15, 0.2) is 30.5 Å². The van der Waals surface area contributed by atoms with Gasteiger partial charge in [-0.05, 0) is 23.6 Å². The number of rotatable bonds is 5. The summed E-state index contributed by atoms with van der Waals surface area (Å²) in [5.41, 5.74) is 1.71. The van der Waals surface area contributed by atoms with E-state index in [1.165, 1.54) is 5.56 Å². The number of aromatic nitrogens is 3. The molecule has 0 saturated carbocycles. The predicted octanol–water partition coefficient (Wildman–Crippen LogP) is 1.74. The van der Waals surface area contributed by atoms with Gasteiger partial charge in [-0.25, -0.2) is 9.48 Å². The number of nitrogens with one attached hydrogen (secondary N) is 1. The molecule has 0 aliphatic carbocycles. The Kier molecular flexibility index (Phi) is 4.32. The van der Waals surface area contributed by atoms with E-state index < -0.39 is 5.97 Å². The zero-order valence-electron chi connectivity index (χ0n) is 11.8. The number of anilines is 1. The molecule has 0 saturated heterocycles. The van der Waals surface area contributed by atoms with Crippen LogP contribution >= 0.6 is 0 Å². The van der Waals surface area contributed by atoms with Crippen molar-refractivity contribution in [2.75, 3.05) is 5.32 Å². The maximum absolute atomic E-state index is 11.9. The van der Waals surface area contributed by atoms with E-state index in [4.69, 9.17) is 5.11 Å². The lowest BCUT2D eigenvalue weighted by atomic mass is 10.0. The first-order valence-corrected chi connectivity index (χ1v) is 6.49. The van der Waals surface area contributed by atoms with Crippen LogP contribution in [0.5, 0.6) is 0 Å². The lowest BCUT2D eigenvalue weighted by molar-refractivity contribution is -0.116. The molecule has 2 N–H and O–H groups in total. The Balaban J connectivity index is 2.01. The average Bonchev–Trinajstić information content (AvgIpc) is 2.87. The standard InChI is InChI=1S/C14H16N4O3/c1-9(2)10-3-5-11(6-4-10)16-13(19)8-18-12(14(20)21)7-15-17-18/h3-7,9H,8H2,1-2H3,(H,16,19)(H,20,21). The highest BCUT2D eigenvalue weighted by molar-refractivity contribution is 5.91. The fraction of sp³-hybridized carbons (Fsp3) is 0.286. The molecule has 21 heavy (non-hydrogen) atoms. The summed E-state index contributed by atoms with van der Waals surface area (Å²) >= 11 is 0. The summed E-state index contributed by atoms with van der Waals surface area (Å²) < 4.78 is 1.04. The first-order valence-electron chi connectivity index (χ1n) is 6.49. The molecule has 7 nitrogen and oxygen atoms in total. The van der Waals surface area contributed by atoms with Crippen LogP contribution in [0.1, 0.15) is 35.8 Å². The van der Waals surface area contributed by atoms with Gasteiger partial charge in [0.05, 0.1) is 6.20 Å². The van der Waals surface area contributed by atoms with Crippen molar-refractivity contribution in [2.45, 2.75) is 26.3 Å². The van der Waals surface area contributed by atoms with Crippen LogP contribution in [0.4, 0.5) is 5.69 Å². The molecule has 2 rings (SSSR count). The van der Waals surface area contributed by atoms with Crippen molar-refractivity contribution in [1.29, 1.82) is 0 Å². The second-order valence-corrected chi connectivity index (χ2v) is 4.91. The van der Waals surface area contributed by atoms with Crippen LogP contribution in [0.25, 0.3) is 0 Å². The van der Waals surface area contributed by atoms with E-state index in [1.54, 1.807) is 0 Å². The minimum absolute atomic E-state index is 0.125. The number of carbonyl (C=O) groups excluding carboxylic acids is 1. The second-order valence-electron chi connectivity index (χ2n) is 4.91. The molecule has 1 heterocycles. The van der Waals surface area contributed by atoms with Gasteiger partial charge in [-0.3, -0.25) is 4.79 Å². The average molecular weight is 288 g/mol. The number of hydrogen-bond acceptors (Lipinski definition) is 4. The summed E-state index contributed by atoms with van der Waals surface area (Å²) in [7, 11) is 0. The maximum atomic E-state index is 11.9. The van der Waals surface area contributed by atoms with Crippen LogP contribution in [-0.2, 0) is 11.3 Å². The van der Waals surface area contributed by atoms with Gasteiger partial charge in [0.2, 0.25) is 5.91 Å². The van der Waals surface area contributed by atoms with Gasteiger partial charge in [-0.2, -0.15) is 0 Å². The number of amides is 1. The van der Waals surface area contributed by atoms with Crippen LogP contribution < -0.4 is 5.32 Å². The lowest BCUT2D eigenvalue weighted by Crippen LogP contribution is -2.22. The summed E-state index contributed by atoms with van der Waals surface area (Å²) in [6.45, 7) is 3.98. The van der Waals surface area contributed by atoms with E-state index >= 15 is 0 Å². The molecule has 0 aliphatic rings. The SMILES string of the molecule is CC(C)c1ccc(NC(=O)Cn2nncc2C(=O)O)cc1. The van der Waals surface area contributed by atoms with Crippen LogP contribution in [0.3, 0.4) is 0 Å². The predicted molar refractivity (Wildman–Crippen MR) is 76.1 cm³/mol. The van der Waals surface area contributed by atoms with Crippen molar-refractivity contribution in [2.24, 2.45) is 0 Å². The third kappa shape index (κ3) is 3.65. The zero-order valence-corrected chi connectivity index (χ0v) is 11.8. The molecule has 1 aromatic carbocycles. The Hall–Kier alpha value is -2.70. The van der Waals surface area contributed by atoms with Crippen molar-refractivity contribution in [3.05, 3.63) is 41.7 Å². The quantitative estimate of drug-likeness (QED) is 0.873. The van der Waals surface area contributed by atoms with E-state index in [-0.39, 0.29) is 18.1 Å². The van der Waals surface area contributed by atoms with Gasteiger partial charge in [0, 0.05) is 5.69 Å². The third-order valence-corrected chi connectivity index (χ3v) is 2.99. The summed E-state index contributed by atoms with van der Waals surface area (Å²) in [6.07, 6.45) is 1.10. The van der Waals surface area contributed by atoms with Gasteiger partial charge in [-0.15, -0.1) is 5.10 Å². The smallest absolute Gasteiger partial charge is 0.355 e. The third-order valence-electron chi connectivity index (χ3n) is 2.99.